The van der Waals surface area contributed by atoms with Crippen LogP contribution < -0.4 is 19.3 Å². The average Bonchev–Trinajstić information content (AvgIpc) is 3.93. The lowest BCUT2D eigenvalue weighted by atomic mass is 10.1. The smallest absolute Gasteiger partial charge is 0.244 e. The van der Waals surface area contributed by atoms with Crippen LogP contribution in [0.15, 0.2) is 47.3 Å². The maximum atomic E-state index is 13.0. The molecule has 2 atom stereocenters. The van der Waals surface area contributed by atoms with Gasteiger partial charge in [0.1, 0.15) is 30.7 Å². The number of benzene rings is 2. The molecule has 0 bridgehead atoms. The number of nitrogens with zero attached hydrogens (tertiary/aromatic N) is 11. The molecule has 3 aromatic heterocycles. The quantitative estimate of drug-likeness (QED) is 0.160. The molecule has 5 aromatic rings. The van der Waals surface area contributed by atoms with Crippen LogP contribution in [0.5, 0.6) is 11.5 Å². The molecule has 2 aromatic carbocycles. The van der Waals surface area contributed by atoms with E-state index in [1.807, 2.05) is 73.0 Å². The van der Waals surface area contributed by atoms with Crippen LogP contribution in [0, 0.1) is 25.2 Å². The summed E-state index contributed by atoms with van der Waals surface area (Å²) < 4.78 is 18.5. The molecule has 0 unspecified atom stereocenters. The fourth-order valence-corrected chi connectivity index (χ4v) is 7.89. The van der Waals surface area contributed by atoms with Crippen LogP contribution in [-0.4, -0.2) is 117 Å². The SMILES string of the molecule is COc1cc(N2CCN(C(=O)Cn3nc(-c4ncon4)c(Cl)c3C)[C@@H](C)C2)ccc1Cl.COc1cc(N2CCN(C(=O)Cn3nc(C#N)c(Cl)c3C)[C@@H](C)C2)ccc1Cl. The molecule has 2 saturated heterocycles. The molecule has 0 radical (unpaired) electrons. The Hall–Kier alpha value is -5.21. The molecule has 2 aliphatic rings. The van der Waals surface area contributed by atoms with Crippen LogP contribution in [0.4, 0.5) is 11.4 Å². The molecule has 0 N–H and O–H groups in total. The van der Waals surface area contributed by atoms with Crippen molar-refractivity contribution in [1.82, 2.24) is 39.5 Å². The van der Waals surface area contributed by atoms with Crippen molar-refractivity contribution in [1.29, 1.82) is 5.26 Å². The molecule has 5 heterocycles. The molecule has 2 fully saturated rings. The number of ether oxygens (including phenoxy) is 2. The number of methoxy groups -OCH3 is 2. The van der Waals surface area contributed by atoms with E-state index in [1.165, 1.54) is 11.1 Å². The number of halogens is 4. The zero-order valence-electron chi connectivity index (χ0n) is 33.3. The van der Waals surface area contributed by atoms with E-state index in [-0.39, 0.29) is 42.7 Å². The molecule has 2 amide bonds. The second-order valence-electron chi connectivity index (χ2n) is 14.1. The number of hydrogen-bond acceptors (Lipinski definition) is 12. The Morgan fingerprint density at radius 2 is 1.27 bits per heavy atom. The third-order valence-corrected chi connectivity index (χ3v) is 11.9. The predicted octanol–water partition coefficient (Wildman–Crippen LogP) is 6.41. The first-order valence-electron chi connectivity index (χ1n) is 18.6. The largest absolute Gasteiger partial charge is 0.495 e. The van der Waals surface area contributed by atoms with Crippen molar-refractivity contribution in [3.63, 3.8) is 0 Å². The minimum absolute atomic E-state index is 0.0182. The molecule has 0 spiro atoms. The lowest BCUT2D eigenvalue weighted by molar-refractivity contribution is -0.135. The number of aromatic nitrogens is 6. The maximum absolute atomic E-state index is 13.0. The molecule has 16 nitrogen and oxygen atoms in total. The zero-order chi connectivity index (χ0) is 42.5. The Morgan fingerprint density at radius 1 is 0.780 bits per heavy atom. The monoisotopic (exact) mass is 885 g/mol. The summed E-state index contributed by atoms with van der Waals surface area (Å²) in [4.78, 5) is 38.0. The third-order valence-electron chi connectivity index (χ3n) is 10.4. The van der Waals surface area contributed by atoms with Crippen LogP contribution in [0.3, 0.4) is 0 Å². The van der Waals surface area contributed by atoms with E-state index >= 15 is 0 Å². The lowest BCUT2D eigenvalue weighted by Gasteiger charge is -2.41. The summed E-state index contributed by atoms with van der Waals surface area (Å²) >= 11 is 24.7. The highest BCUT2D eigenvalue weighted by Crippen LogP contribution is 2.33. The number of carbonyl (C=O) groups excluding carboxylic acids is 2. The highest BCUT2D eigenvalue weighted by molar-refractivity contribution is 6.34. The van der Waals surface area contributed by atoms with Gasteiger partial charge in [0.25, 0.3) is 0 Å². The summed E-state index contributed by atoms with van der Waals surface area (Å²) in [7, 11) is 3.18. The van der Waals surface area contributed by atoms with Crippen LogP contribution in [0.2, 0.25) is 20.1 Å². The van der Waals surface area contributed by atoms with Gasteiger partial charge >= 0.3 is 0 Å². The first-order chi connectivity index (χ1) is 28.2. The van der Waals surface area contributed by atoms with Gasteiger partial charge in [-0.15, -0.1) is 0 Å². The van der Waals surface area contributed by atoms with E-state index in [2.05, 4.69) is 30.1 Å². The van der Waals surface area contributed by atoms with Gasteiger partial charge in [0.05, 0.1) is 45.7 Å². The maximum Gasteiger partial charge on any atom is 0.244 e. The van der Waals surface area contributed by atoms with E-state index in [4.69, 9.17) is 65.7 Å². The summed E-state index contributed by atoms with van der Waals surface area (Å²) in [6, 6.07) is 13.4. The average molecular weight is 888 g/mol. The lowest BCUT2D eigenvalue weighted by Crippen LogP contribution is -2.54. The number of piperazine rings is 2. The van der Waals surface area contributed by atoms with Gasteiger partial charge in [0.2, 0.25) is 24.0 Å². The fraction of sp³-hybridized carbons (Fsp3) is 0.410. The van der Waals surface area contributed by atoms with Crippen molar-refractivity contribution in [2.75, 3.05) is 63.3 Å². The minimum atomic E-state index is -0.0485. The Morgan fingerprint density at radius 3 is 1.69 bits per heavy atom. The Balaban J connectivity index is 0.000000199. The van der Waals surface area contributed by atoms with Gasteiger partial charge in [-0.2, -0.15) is 20.4 Å². The molecular weight excluding hydrogens is 844 g/mol. The van der Waals surface area contributed by atoms with Crippen LogP contribution in [-0.2, 0) is 22.7 Å². The molecule has 7 rings (SSSR count). The van der Waals surface area contributed by atoms with Gasteiger partial charge < -0.3 is 33.6 Å². The molecule has 59 heavy (non-hydrogen) atoms. The number of amides is 2. The summed E-state index contributed by atoms with van der Waals surface area (Å²) in [6.45, 7) is 11.7. The molecular formula is C39H43Cl4N11O5. The van der Waals surface area contributed by atoms with Gasteiger partial charge in [0, 0.05) is 74.9 Å². The number of nitriles is 1. The predicted molar refractivity (Wildman–Crippen MR) is 225 cm³/mol. The molecule has 2 aliphatic heterocycles. The van der Waals surface area contributed by atoms with Gasteiger partial charge in [-0.05, 0) is 52.0 Å². The van der Waals surface area contributed by atoms with Gasteiger partial charge in [-0.25, -0.2) is 0 Å². The van der Waals surface area contributed by atoms with Crippen molar-refractivity contribution in [2.24, 2.45) is 0 Å². The van der Waals surface area contributed by atoms with Crippen molar-refractivity contribution >= 4 is 69.6 Å². The summed E-state index contributed by atoms with van der Waals surface area (Å²) in [5, 5.41) is 23.2. The highest BCUT2D eigenvalue weighted by atomic mass is 35.5. The van der Waals surface area contributed by atoms with Crippen molar-refractivity contribution in [3.05, 3.63) is 80.0 Å². The molecule has 0 saturated carbocycles. The molecule has 312 valence electrons. The van der Waals surface area contributed by atoms with E-state index in [0.29, 0.717) is 93.8 Å². The standard InChI is InChI=1S/C20H22Cl2N6O3.C19H21Cl2N5O2/c1-12-9-26(14-4-5-15(21)16(8-14)30-3)6-7-27(12)17(29)10-28-13(2)18(22)19(24-28)20-23-11-31-25-20;1-12-10-24(14-4-5-15(20)17(8-14)28-3)6-7-25(12)18(27)11-26-13(2)19(21)16(9-22)23-26/h4-5,8,11-12H,6-7,9-10H2,1-3H3;4-5,8,12H,6-7,10-11H2,1-3H3/t2*12-/m00/s1. The first kappa shape index (κ1) is 43.4. The number of carbonyl (C=O) groups is 2. The van der Waals surface area contributed by atoms with E-state index in [9.17, 15) is 9.59 Å². The van der Waals surface area contributed by atoms with Crippen molar-refractivity contribution < 1.29 is 23.6 Å². The van der Waals surface area contributed by atoms with Crippen LogP contribution in [0.1, 0.15) is 30.9 Å². The topological polar surface area (TPSA) is 164 Å². The van der Waals surface area contributed by atoms with E-state index < -0.39 is 0 Å². The number of anilines is 2. The summed E-state index contributed by atoms with van der Waals surface area (Å²) in [6.07, 6.45) is 1.21. The van der Waals surface area contributed by atoms with Crippen molar-refractivity contribution in [2.45, 2.75) is 52.9 Å². The van der Waals surface area contributed by atoms with Gasteiger partial charge in [-0.3, -0.25) is 19.0 Å². The van der Waals surface area contributed by atoms with E-state index in [1.54, 1.807) is 25.8 Å². The Bertz CT molecular complexity index is 2350. The van der Waals surface area contributed by atoms with Gasteiger partial charge in [0.15, 0.2) is 11.4 Å². The Kier molecular flexibility index (Phi) is 13.8. The second kappa shape index (κ2) is 18.8. The Labute approximate surface area is 361 Å². The number of hydrogen-bond donors (Lipinski definition) is 0. The van der Waals surface area contributed by atoms with Gasteiger partial charge in [-0.1, -0.05) is 51.6 Å². The second-order valence-corrected chi connectivity index (χ2v) is 15.7. The third kappa shape index (κ3) is 9.49. The fourth-order valence-electron chi connectivity index (χ4n) is 7.10. The first-order valence-corrected chi connectivity index (χ1v) is 20.1. The highest BCUT2D eigenvalue weighted by Gasteiger charge is 2.31. The molecule has 0 aliphatic carbocycles. The van der Waals surface area contributed by atoms with Crippen molar-refractivity contribution in [3.8, 4) is 29.1 Å². The zero-order valence-corrected chi connectivity index (χ0v) is 36.3. The number of rotatable bonds is 9. The summed E-state index contributed by atoms with van der Waals surface area (Å²) in [5.74, 6) is 1.48. The van der Waals surface area contributed by atoms with Crippen LogP contribution >= 0.6 is 46.4 Å². The van der Waals surface area contributed by atoms with Crippen LogP contribution in [0.25, 0.3) is 11.5 Å². The molecule has 20 heteroatoms. The van der Waals surface area contributed by atoms with E-state index in [0.717, 1.165) is 11.4 Å². The summed E-state index contributed by atoms with van der Waals surface area (Å²) in [5.41, 5.74) is 3.85. The normalized spacial score (nSPS) is 16.7. The minimum Gasteiger partial charge on any atom is -0.495 e.